The van der Waals surface area contributed by atoms with Crippen LogP contribution < -0.4 is 15.5 Å². The average molecular weight is 901 g/mol. The van der Waals surface area contributed by atoms with Gasteiger partial charge in [-0.15, -0.1) is 0 Å². The molecular formula is C50H64N10O6. The number of fused-ring (bicyclic) bond motifs is 2. The SMILES string of the molecule is COC(=O)N[C@H](C(=O)N1CCC[C@H]1c1nc2ccc([C@H]3CC[C@H](c4ccc5nc([C@@H]6CCCN6C(=O)[C@@H](NC(=O)O)C(C)C)[nH]c5c4)N3c3ccc(C4CCCCC4)nc3)cc2[nH]1)C(C)C. The highest BCUT2D eigenvalue weighted by Gasteiger charge is 2.40. The van der Waals surface area contributed by atoms with Gasteiger partial charge in [0, 0.05) is 24.7 Å². The molecule has 0 unspecified atom stereocenters. The zero-order chi connectivity index (χ0) is 46.2. The van der Waals surface area contributed by atoms with E-state index in [1.165, 1.54) is 44.9 Å². The molecule has 3 aliphatic heterocycles. The largest absolute Gasteiger partial charge is 0.465 e. The lowest BCUT2D eigenvalue weighted by Crippen LogP contribution is -2.51. The van der Waals surface area contributed by atoms with Crippen LogP contribution in [0.4, 0.5) is 15.3 Å². The number of hydrogen-bond donors (Lipinski definition) is 5. The van der Waals surface area contributed by atoms with Crippen molar-refractivity contribution >= 4 is 51.8 Å². The molecule has 4 fully saturated rings. The number of amides is 4. The molecule has 2 aromatic carbocycles. The van der Waals surface area contributed by atoms with Crippen LogP contribution in [0, 0.1) is 11.8 Å². The number of aromatic amines is 2. The normalized spacial score (nSPS) is 22.4. The second-order valence-electron chi connectivity index (χ2n) is 19.5. The summed E-state index contributed by atoms with van der Waals surface area (Å²) in [5.74, 6) is 1.26. The van der Waals surface area contributed by atoms with Gasteiger partial charge in [0.05, 0.1) is 65.2 Å². The van der Waals surface area contributed by atoms with E-state index < -0.39 is 24.3 Å². The third-order valence-electron chi connectivity index (χ3n) is 14.6. The van der Waals surface area contributed by atoms with Crippen molar-refractivity contribution in [1.29, 1.82) is 0 Å². The molecule has 5 aromatic rings. The lowest BCUT2D eigenvalue weighted by Gasteiger charge is -2.33. The first-order chi connectivity index (χ1) is 31.9. The van der Waals surface area contributed by atoms with Crippen LogP contribution in [0.3, 0.4) is 0 Å². The number of nitrogens with zero attached hydrogens (tertiary/aromatic N) is 6. The zero-order valence-electron chi connectivity index (χ0n) is 38.8. The number of aromatic nitrogens is 5. The van der Waals surface area contributed by atoms with Crippen molar-refractivity contribution in [2.45, 2.75) is 140 Å². The highest BCUT2D eigenvalue weighted by Crippen LogP contribution is 2.48. The van der Waals surface area contributed by atoms with Crippen LogP contribution in [0.15, 0.2) is 54.7 Å². The van der Waals surface area contributed by atoms with E-state index in [2.05, 4.69) is 80.2 Å². The Kier molecular flexibility index (Phi) is 12.9. The number of anilines is 1. The Morgan fingerprint density at radius 3 is 1.67 bits per heavy atom. The zero-order valence-corrected chi connectivity index (χ0v) is 38.8. The number of hydrogen-bond acceptors (Lipinski definition) is 9. The van der Waals surface area contributed by atoms with Crippen LogP contribution in [0.1, 0.15) is 157 Å². The molecule has 66 heavy (non-hydrogen) atoms. The number of methoxy groups -OCH3 is 1. The number of carbonyl (C=O) groups is 4. The number of likely N-dealkylation sites (tertiary alicyclic amines) is 2. The number of benzene rings is 2. The van der Waals surface area contributed by atoms with Crippen LogP contribution in [-0.2, 0) is 14.3 Å². The molecule has 3 aromatic heterocycles. The van der Waals surface area contributed by atoms with Crippen LogP contribution in [0.2, 0.25) is 0 Å². The molecular weight excluding hydrogens is 837 g/mol. The second-order valence-corrected chi connectivity index (χ2v) is 19.5. The molecule has 0 bridgehead atoms. The summed E-state index contributed by atoms with van der Waals surface area (Å²) in [7, 11) is 1.30. The van der Waals surface area contributed by atoms with Crippen molar-refractivity contribution in [2.24, 2.45) is 11.8 Å². The summed E-state index contributed by atoms with van der Waals surface area (Å²) in [5.41, 5.74) is 8.00. The Balaban J connectivity index is 1.01. The Morgan fingerprint density at radius 1 is 0.667 bits per heavy atom. The van der Waals surface area contributed by atoms with E-state index in [4.69, 9.17) is 19.7 Å². The molecule has 3 saturated heterocycles. The van der Waals surface area contributed by atoms with Crippen molar-refractivity contribution in [3.63, 3.8) is 0 Å². The van der Waals surface area contributed by atoms with Gasteiger partial charge in [0.15, 0.2) is 0 Å². The predicted molar refractivity (Wildman–Crippen MR) is 251 cm³/mol. The number of pyridine rings is 1. The quantitative estimate of drug-likeness (QED) is 0.0805. The van der Waals surface area contributed by atoms with Crippen molar-refractivity contribution < 1.29 is 29.0 Å². The van der Waals surface area contributed by atoms with Crippen LogP contribution in [0.5, 0.6) is 0 Å². The second kappa shape index (κ2) is 19.0. The highest BCUT2D eigenvalue weighted by atomic mass is 16.5. The highest BCUT2D eigenvalue weighted by molar-refractivity contribution is 5.87. The third-order valence-corrected chi connectivity index (χ3v) is 14.6. The third kappa shape index (κ3) is 8.90. The first kappa shape index (κ1) is 45.0. The smallest absolute Gasteiger partial charge is 0.407 e. The van der Waals surface area contributed by atoms with Crippen LogP contribution >= 0.6 is 0 Å². The van der Waals surface area contributed by atoms with Gasteiger partial charge in [0.2, 0.25) is 11.8 Å². The van der Waals surface area contributed by atoms with Gasteiger partial charge < -0.3 is 45.1 Å². The number of carbonyl (C=O) groups excluding carboxylic acids is 3. The van der Waals surface area contributed by atoms with E-state index in [9.17, 15) is 24.3 Å². The lowest BCUT2D eigenvalue weighted by molar-refractivity contribution is -0.136. The van der Waals surface area contributed by atoms with E-state index in [1.54, 1.807) is 4.90 Å². The summed E-state index contributed by atoms with van der Waals surface area (Å²) < 4.78 is 4.84. The molecule has 6 atom stereocenters. The summed E-state index contributed by atoms with van der Waals surface area (Å²) in [6.07, 6.45) is 11.3. The maximum atomic E-state index is 13.9. The van der Waals surface area contributed by atoms with Crippen molar-refractivity contribution in [2.75, 3.05) is 25.1 Å². The summed E-state index contributed by atoms with van der Waals surface area (Å²) >= 11 is 0. The number of imidazole rings is 2. The fourth-order valence-corrected chi connectivity index (χ4v) is 11.2. The average Bonchev–Trinajstić information content (AvgIpc) is 4.18. The maximum absolute atomic E-state index is 13.9. The number of H-pyrrole nitrogens is 2. The molecule has 4 aliphatic rings. The number of ether oxygens (including phenoxy) is 1. The molecule has 0 spiro atoms. The van der Waals surface area contributed by atoms with Gasteiger partial charge in [-0.05, 0) is 111 Å². The molecule has 5 N–H and O–H groups in total. The fraction of sp³-hybridized carbons (Fsp3) is 0.540. The van der Waals surface area contributed by atoms with Crippen LogP contribution in [0.25, 0.3) is 22.1 Å². The molecule has 4 amide bonds. The van der Waals surface area contributed by atoms with Gasteiger partial charge >= 0.3 is 12.2 Å². The van der Waals surface area contributed by atoms with Gasteiger partial charge in [-0.25, -0.2) is 19.6 Å². The molecule has 1 saturated carbocycles. The Hall–Kier alpha value is -6.19. The first-order valence-electron chi connectivity index (χ1n) is 24.1. The van der Waals surface area contributed by atoms with Gasteiger partial charge in [0.25, 0.3) is 0 Å². The summed E-state index contributed by atoms with van der Waals surface area (Å²) in [6.45, 7) is 8.66. The van der Waals surface area contributed by atoms with E-state index in [-0.39, 0.29) is 47.8 Å². The molecule has 6 heterocycles. The Morgan fingerprint density at radius 2 is 1.20 bits per heavy atom. The number of rotatable bonds is 12. The Labute approximate surface area is 385 Å². The summed E-state index contributed by atoms with van der Waals surface area (Å²) in [5, 5.41) is 14.7. The molecule has 16 nitrogen and oxygen atoms in total. The van der Waals surface area contributed by atoms with Gasteiger partial charge in [-0.1, -0.05) is 59.1 Å². The summed E-state index contributed by atoms with van der Waals surface area (Å²) in [4.78, 5) is 79.9. The van der Waals surface area contributed by atoms with Crippen molar-refractivity contribution in [3.8, 4) is 0 Å². The predicted octanol–water partition coefficient (Wildman–Crippen LogP) is 8.96. The van der Waals surface area contributed by atoms with Gasteiger partial charge in [-0.3, -0.25) is 14.6 Å². The van der Waals surface area contributed by atoms with E-state index in [1.807, 2.05) is 32.6 Å². The van der Waals surface area contributed by atoms with E-state index >= 15 is 0 Å². The minimum Gasteiger partial charge on any atom is -0.465 e. The monoisotopic (exact) mass is 901 g/mol. The molecule has 1 aliphatic carbocycles. The number of nitrogens with one attached hydrogen (secondary N) is 4. The first-order valence-corrected chi connectivity index (χ1v) is 24.1. The van der Waals surface area contributed by atoms with Crippen LogP contribution in [-0.4, -0.2) is 96.1 Å². The van der Waals surface area contributed by atoms with Crippen molar-refractivity contribution in [3.05, 3.63) is 83.2 Å². The van der Waals surface area contributed by atoms with Gasteiger partial charge in [-0.2, -0.15) is 0 Å². The lowest BCUT2D eigenvalue weighted by atomic mass is 9.87. The number of carboxylic acid groups (broad SMARTS) is 1. The fourth-order valence-electron chi connectivity index (χ4n) is 11.2. The van der Waals surface area contributed by atoms with E-state index in [0.717, 1.165) is 83.2 Å². The van der Waals surface area contributed by atoms with E-state index in [0.29, 0.717) is 24.8 Å². The topological polar surface area (TPSA) is 202 Å². The standard InChI is InChI=1S/C50H64N10O6/c1-28(2)43(56-49(63)64)47(61)58-23-9-13-41(58)45-52-35-18-15-31(25-37(35)54-45)39-21-22-40(60(39)33-17-20-34(51-27-33)30-11-7-6-8-12-30)32-16-19-36-38(26-32)55-46(53-36)42-14-10-24-59(42)48(62)44(29(3)4)57-50(65)66-5/h15-20,25-30,39-44,56H,6-14,21-24H2,1-5H3,(H,52,54)(H,53,55)(H,57,65)(H,63,64)/t39-,40-,41+,42+,43+,44+/m1/s1. The molecule has 0 radical (unpaired) electrons. The van der Waals surface area contributed by atoms with Crippen molar-refractivity contribution in [1.82, 2.24) is 45.4 Å². The molecule has 350 valence electrons. The summed E-state index contributed by atoms with van der Waals surface area (Å²) in [6, 6.07) is 15.4. The minimum atomic E-state index is -1.21. The molecule has 9 rings (SSSR count). The minimum absolute atomic E-state index is 0.0329. The number of alkyl carbamates (subject to hydrolysis) is 1. The van der Waals surface area contributed by atoms with Gasteiger partial charge in [0.1, 0.15) is 23.7 Å². The maximum Gasteiger partial charge on any atom is 0.407 e. The molecule has 16 heteroatoms. The Bertz CT molecular complexity index is 2570.